The van der Waals surface area contributed by atoms with Crippen molar-refractivity contribution in [3.8, 4) is 34.3 Å². The molecule has 2 unspecified atom stereocenters. The number of nitrogens with one attached hydrogen (secondary N) is 1. The van der Waals surface area contributed by atoms with Crippen molar-refractivity contribution in [2.45, 2.75) is 38.3 Å². The molecule has 258 valence electrons. The SMILES string of the molecule is COc1ccc(-c2oc3c(c2CC(=O)NCC(=O)N2CCc4ccccc4C2)C(=O)C2(Oc4c(Cl)c(OC)cc(OC)c4C2=O)C(C)C3)cc1. The highest BCUT2D eigenvalue weighted by atomic mass is 35.5. The zero-order valence-electron chi connectivity index (χ0n) is 28.0. The Bertz CT molecular complexity index is 2050. The maximum atomic E-state index is 14.8. The average Bonchev–Trinajstić information content (AvgIpc) is 3.65. The predicted octanol–water partition coefficient (Wildman–Crippen LogP) is 5.26. The van der Waals surface area contributed by atoms with Gasteiger partial charge in [-0.05, 0) is 41.8 Å². The number of Topliss-reactive ketones (excluding diaryl/α,β-unsaturated/α-hetero) is 2. The van der Waals surface area contributed by atoms with E-state index in [9.17, 15) is 19.2 Å². The molecule has 2 aliphatic heterocycles. The van der Waals surface area contributed by atoms with Gasteiger partial charge in [-0.1, -0.05) is 42.8 Å². The molecule has 1 N–H and O–H groups in total. The van der Waals surface area contributed by atoms with Gasteiger partial charge in [0, 0.05) is 42.6 Å². The molecule has 1 aliphatic carbocycles. The summed E-state index contributed by atoms with van der Waals surface area (Å²) in [5.74, 6) is -1.06. The second-order valence-electron chi connectivity index (χ2n) is 12.6. The van der Waals surface area contributed by atoms with Crippen LogP contribution < -0.4 is 24.3 Å². The van der Waals surface area contributed by atoms with Crippen LogP contribution in [0.3, 0.4) is 0 Å². The molecule has 0 saturated carbocycles. The summed E-state index contributed by atoms with van der Waals surface area (Å²) in [5, 5.41) is 2.77. The molecule has 3 heterocycles. The van der Waals surface area contributed by atoms with Gasteiger partial charge in [0.05, 0.1) is 39.9 Å². The minimum Gasteiger partial charge on any atom is -0.497 e. The van der Waals surface area contributed by atoms with E-state index < -0.39 is 29.0 Å². The molecule has 3 aromatic carbocycles. The van der Waals surface area contributed by atoms with Gasteiger partial charge < -0.3 is 33.6 Å². The molecule has 50 heavy (non-hydrogen) atoms. The second kappa shape index (κ2) is 12.9. The summed E-state index contributed by atoms with van der Waals surface area (Å²) in [4.78, 5) is 57.6. The Balaban J connectivity index is 1.22. The van der Waals surface area contributed by atoms with E-state index >= 15 is 0 Å². The summed E-state index contributed by atoms with van der Waals surface area (Å²) < 4.78 is 28.9. The van der Waals surface area contributed by atoms with Crippen molar-refractivity contribution in [1.82, 2.24) is 10.2 Å². The zero-order valence-corrected chi connectivity index (χ0v) is 28.8. The quantitative estimate of drug-likeness (QED) is 0.245. The number of halogens is 1. The molecular weight excluding hydrogens is 664 g/mol. The fourth-order valence-corrected chi connectivity index (χ4v) is 7.46. The van der Waals surface area contributed by atoms with Crippen LogP contribution in [0, 0.1) is 5.92 Å². The molecule has 0 radical (unpaired) electrons. The van der Waals surface area contributed by atoms with E-state index in [1.54, 1.807) is 43.2 Å². The van der Waals surface area contributed by atoms with Crippen molar-refractivity contribution in [2.24, 2.45) is 5.92 Å². The summed E-state index contributed by atoms with van der Waals surface area (Å²) >= 11 is 6.62. The third kappa shape index (κ3) is 5.27. The lowest BCUT2D eigenvalue weighted by Gasteiger charge is -2.35. The third-order valence-electron chi connectivity index (χ3n) is 9.86. The summed E-state index contributed by atoms with van der Waals surface area (Å²) in [6.07, 6.45) is 0.585. The van der Waals surface area contributed by atoms with Crippen LogP contribution in [0.15, 0.2) is 59.0 Å². The van der Waals surface area contributed by atoms with Crippen molar-refractivity contribution in [3.05, 3.63) is 93.2 Å². The first-order valence-electron chi connectivity index (χ1n) is 16.2. The van der Waals surface area contributed by atoms with Crippen LogP contribution in [0.2, 0.25) is 5.02 Å². The first-order chi connectivity index (χ1) is 24.1. The molecule has 7 rings (SSSR count). The van der Waals surface area contributed by atoms with E-state index in [-0.39, 0.29) is 64.3 Å². The molecule has 1 aromatic heterocycles. The number of furan rings is 1. The highest BCUT2D eigenvalue weighted by Crippen LogP contribution is 2.54. The van der Waals surface area contributed by atoms with Crippen molar-refractivity contribution in [2.75, 3.05) is 34.4 Å². The van der Waals surface area contributed by atoms with Crippen molar-refractivity contribution in [3.63, 3.8) is 0 Å². The largest absolute Gasteiger partial charge is 0.497 e. The van der Waals surface area contributed by atoms with Crippen LogP contribution >= 0.6 is 11.6 Å². The number of ether oxygens (including phenoxy) is 4. The Morgan fingerprint density at radius 3 is 2.36 bits per heavy atom. The van der Waals surface area contributed by atoms with Crippen molar-refractivity contribution < 1.29 is 42.5 Å². The van der Waals surface area contributed by atoms with E-state index in [0.717, 1.165) is 12.0 Å². The van der Waals surface area contributed by atoms with Crippen LogP contribution in [-0.2, 0) is 35.4 Å². The maximum Gasteiger partial charge on any atom is 0.242 e. The normalized spacial score (nSPS) is 19.0. The van der Waals surface area contributed by atoms with Gasteiger partial charge in [-0.2, -0.15) is 0 Å². The number of benzene rings is 3. The van der Waals surface area contributed by atoms with Crippen LogP contribution in [-0.4, -0.2) is 68.3 Å². The van der Waals surface area contributed by atoms with Gasteiger partial charge >= 0.3 is 0 Å². The summed E-state index contributed by atoms with van der Waals surface area (Å²) in [5.41, 5.74) is 1.30. The van der Waals surface area contributed by atoms with Gasteiger partial charge in [-0.25, -0.2) is 0 Å². The predicted molar refractivity (Wildman–Crippen MR) is 182 cm³/mol. The van der Waals surface area contributed by atoms with Crippen LogP contribution in [0.25, 0.3) is 11.3 Å². The highest BCUT2D eigenvalue weighted by molar-refractivity contribution is 6.36. The molecule has 1 spiro atoms. The van der Waals surface area contributed by atoms with Gasteiger partial charge in [0.15, 0.2) is 5.75 Å². The number of carbonyl (C=O) groups excluding carboxylic acids is 4. The standard InChI is InChI=1S/C38H35ClN2O9/c1-20-15-27-31(36(44)38(20)37(45)32-26(47-3)17-28(48-4)33(39)35(32)50-38)25(34(49-27)22-9-11-24(46-2)12-10-22)16-29(42)40-18-30(43)41-14-13-21-7-5-6-8-23(21)19-41/h5-12,17,20H,13-16,18-19H2,1-4H3,(H,40,42). The number of ketones is 2. The van der Waals surface area contributed by atoms with Crippen molar-refractivity contribution >= 4 is 35.0 Å². The van der Waals surface area contributed by atoms with Crippen LogP contribution in [0.4, 0.5) is 0 Å². The topological polar surface area (TPSA) is 134 Å². The molecule has 0 bridgehead atoms. The molecule has 0 fully saturated rings. The number of amides is 2. The smallest absolute Gasteiger partial charge is 0.242 e. The van der Waals surface area contributed by atoms with Gasteiger partial charge in [0.1, 0.15) is 39.4 Å². The van der Waals surface area contributed by atoms with E-state index in [0.29, 0.717) is 35.9 Å². The minimum atomic E-state index is -1.99. The third-order valence-corrected chi connectivity index (χ3v) is 10.2. The van der Waals surface area contributed by atoms with E-state index in [2.05, 4.69) is 11.4 Å². The number of fused-ring (bicyclic) bond motifs is 3. The van der Waals surface area contributed by atoms with Crippen LogP contribution in [0.5, 0.6) is 23.0 Å². The lowest BCUT2D eigenvalue weighted by Crippen LogP contribution is -2.56. The highest BCUT2D eigenvalue weighted by Gasteiger charge is 2.63. The number of rotatable bonds is 8. The second-order valence-corrected chi connectivity index (χ2v) is 13.0. The number of hydrogen-bond donors (Lipinski definition) is 1. The Morgan fingerprint density at radius 2 is 1.66 bits per heavy atom. The zero-order chi connectivity index (χ0) is 35.3. The Labute approximate surface area is 293 Å². The Hall–Kier alpha value is -5.29. The number of methoxy groups -OCH3 is 3. The molecule has 4 aromatic rings. The first-order valence-corrected chi connectivity index (χ1v) is 16.6. The van der Waals surface area contributed by atoms with E-state index in [4.69, 9.17) is 35.0 Å². The summed E-state index contributed by atoms with van der Waals surface area (Å²) in [7, 11) is 4.37. The maximum absolute atomic E-state index is 14.8. The Morgan fingerprint density at radius 1 is 0.960 bits per heavy atom. The molecular formula is C38H35ClN2O9. The number of nitrogens with zero attached hydrogens (tertiary/aromatic N) is 1. The molecule has 12 heteroatoms. The molecule has 3 aliphatic rings. The first kappa shape index (κ1) is 33.2. The lowest BCUT2D eigenvalue weighted by molar-refractivity contribution is -0.133. The molecule has 0 saturated heterocycles. The fourth-order valence-electron chi connectivity index (χ4n) is 7.19. The number of hydrogen-bond acceptors (Lipinski definition) is 9. The van der Waals surface area contributed by atoms with Gasteiger partial charge in [-0.3, -0.25) is 19.2 Å². The van der Waals surface area contributed by atoms with E-state index in [1.165, 1.54) is 25.8 Å². The summed E-state index contributed by atoms with van der Waals surface area (Å²) in [6, 6.07) is 16.5. The number of carbonyl (C=O) groups is 4. The lowest BCUT2D eigenvalue weighted by atomic mass is 9.70. The average molecular weight is 699 g/mol. The summed E-state index contributed by atoms with van der Waals surface area (Å²) in [6.45, 7) is 2.53. The van der Waals surface area contributed by atoms with Gasteiger partial charge in [0.25, 0.3) is 0 Å². The van der Waals surface area contributed by atoms with Gasteiger partial charge in [-0.15, -0.1) is 0 Å². The molecule has 2 amide bonds. The fraction of sp³-hybridized carbons (Fsp3) is 0.316. The Kier molecular flexibility index (Phi) is 8.55. The molecule has 11 nitrogen and oxygen atoms in total. The monoisotopic (exact) mass is 698 g/mol. The molecule has 2 atom stereocenters. The van der Waals surface area contributed by atoms with Crippen LogP contribution in [0.1, 0.15) is 50.1 Å². The van der Waals surface area contributed by atoms with Crippen molar-refractivity contribution in [1.29, 1.82) is 0 Å². The minimum absolute atomic E-state index is 0.00599. The van der Waals surface area contributed by atoms with E-state index in [1.807, 2.05) is 18.2 Å². The van der Waals surface area contributed by atoms with Gasteiger partial charge in [0.2, 0.25) is 29.0 Å².